The number of nitrogens with one attached hydrogen (secondary N) is 2. The van der Waals surface area contributed by atoms with Gasteiger partial charge < -0.3 is 10.4 Å². The number of hydrogen-bond donors (Lipinski definition) is 3. The minimum Gasteiger partial charge on any atom is -0.481 e. The van der Waals surface area contributed by atoms with Crippen LogP contribution in [0, 0.1) is 0 Å². The van der Waals surface area contributed by atoms with Crippen LogP contribution in [0.4, 0.5) is 0 Å². The van der Waals surface area contributed by atoms with E-state index < -0.39 is 21.9 Å². The molecule has 0 unspecified atom stereocenters. The quantitative estimate of drug-likeness (QED) is 0.586. The van der Waals surface area contributed by atoms with Crippen LogP contribution in [-0.4, -0.2) is 38.5 Å². The average molecular weight is 306 g/mol. The van der Waals surface area contributed by atoms with Gasteiger partial charge >= 0.3 is 5.97 Å². The first kappa shape index (κ1) is 15.6. The highest BCUT2D eigenvalue weighted by atomic mass is 32.2. The summed E-state index contributed by atoms with van der Waals surface area (Å²) >= 11 is 1.06. The molecule has 0 radical (unpaired) electrons. The van der Waals surface area contributed by atoms with Gasteiger partial charge in [-0.25, -0.2) is 13.1 Å². The van der Waals surface area contributed by atoms with E-state index in [4.69, 9.17) is 5.11 Å². The number of hydrogen-bond acceptors (Lipinski definition) is 5. The summed E-state index contributed by atoms with van der Waals surface area (Å²) in [6.07, 6.45) is 0.264. The first-order valence-electron chi connectivity index (χ1n) is 5.43. The van der Waals surface area contributed by atoms with Crippen LogP contribution in [0.15, 0.2) is 21.7 Å². The van der Waals surface area contributed by atoms with E-state index in [1.165, 1.54) is 6.07 Å². The number of carbonyl (C=O) groups excluding carboxylic acids is 1. The molecule has 0 aliphatic rings. The van der Waals surface area contributed by atoms with Crippen molar-refractivity contribution in [3.63, 3.8) is 0 Å². The predicted octanol–water partition coefficient (Wildman–Crippen LogP) is 0.00740. The van der Waals surface area contributed by atoms with Gasteiger partial charge in [-0.2, -0.15) is 0 Å². The molecule has 19 heavy (non-hydrogen) atoms. The third-order valence-electron chi connectivity index (χ3n) is 2.07. The van der Waals surface area contributed by atoms with Gasteiger partial charge in [0.05, 0.1) is 6.54 Å². The lowest BCUT2D eigenvalue weighted by molar-refractivity contribution is -0.137. The molecule has 106 valence electrons. The van der Waals surface area contributed by atoms with Crippen LogP contribution >= 0.6 is 11.3 Å². The third kappa shape index (κ3) is 5.81. The lowest BCUT2D eigenvalue weighted by atomic mass is 10.3. The molecule has 0 fully saturated rings. The Morgan fingerprint density at radius 3 is 2.68 bits per heavy atom. The van der Waals surface area contributed by atoms with Gasteiger partial charge in [-0.05, 0) is 17.9 Å². The summed E-state index contributed by atoms with van der Waals surface area (Å²) in [7, 11) is -3.64. The van der Waals surface area contributed by atoms with Crippen molar-refractivity contribution in [3.8, 4) is 0 Å². The zero-order valence-electron chi connectivity index (χ0n) is 9.96. The van der Waals surface area contributed by atoms with Gasteiger partial charge in [0.1, 0.15) is 4.21 Å². The maximum atomic E-state index is 11.7. The molecular formula is C10H14N2O5S2. The van der Waals surface area contributed by atoms with Crippen molar-refractivity contribution >= 4 is 33.2 Å². The summed E-state index contributed by atoms with van der Waals surface area (Å²) < 4.78 is 25.6. The summed E-state index contributed by atoms with van der Waals surface area (Å²) in [6.45, 7) is -0.167. The van der Waals surface area contributed by atoms with Gasteiger partial charge in [0.15, 0.2) is 0 Å². The summed E-state index contributed by atoms with van der Waals surface area (Å²) in [6, 6.07) is 3.04. The van der Waals surface area contributed by atoms with Crippen LogP contribution in [-0.2, 0) is 19.6 Å². The summed E-state index contributed by atoms with van der Waals surface area (Å²) in [5, 5.41) is 12.4. The van der Waals surface area contributed by atoms with E-state index in [1.807, 2.05) is 0 Å². The van der Waals surface area contributed by atoms with Gasteiger partial charge in [0.25, 0.3) is 10.0 Å². The van der Waals surface area contributed by atoms with Crippen molar-refractivity contribution in [2.24, 2.45) is 0 Å². The molecule has 1 heterocycles. The molecular weight excluding hydrogens is 292 g/mol. The minimum absolute atomic E-state index is 0.0405. The molecule has 1 aromatic heterocycles. The van der Waals surface area contributed by atoms with Crippen molar-refractivity contribution in [2.45, 2.75) is 17.1 Å². The molecule has 0 saturated carbocycles. The fourth-order valence-corrected chi connectivity index (χ4v) is 3.20. The van der Waals surface area contributed by atoms with Gasteiger partial charge in [0.2, 0.25) is 5.91 Å². The Labute approximate surface area is 114 Å². The minimum atomic E-state index is -3.64. The highest BCUT2D eigenvalue weighted by Crippen LogP contribution is 2.14. The van der Waals surface area contributed by atoms with Gasteiger partial charge in [-0.3, -0.25) is 9.59 Å². The fraction of sp³-hybridized carbons (Fsp3) is 0.400. The Balaban J connectivity index is 2.29. The van der Waals surface area contributed by atoms with E-state index in [2.05, 4.69) is 10.0 Å². The van der Waals surface area contributed by atoms with E-state index in [0.717, 1.165) is 11.3 Å². The first-order valence-corrected chi connectivity index (χ1v) is 7.80. The van der Waals surface area contributed by atoms with E-state index >= 15 is 0 Å². The van der Waals surface area contributed by atoms with Crippen LogP contribution < -0.4 is 10.0 Å². The number of rotatable bonds is 8. The normalized spacial score (nSPS) is 11.2. The number of amides is 1. The van der Waals surface area contributed by atoms with Crippen LogP contribution in [0.1, 0.15) is 12.8 Å². The molecule has 1 rings (SSSR count). The number of thiophene rings is 1. The smallest absolute Gasteiger partial charge is 0.303 e. The van der Waals surface area contributed by atoms with Gasteiger partial charge in [0, 0.05) is 13.0 Å². The van der Waals surface area contributed by atoms with Crippen molar-refractivity contribution in [3.05, 3.63) is 17.5 Å². The molecule has 0 saturated heterocycles. The zero-order valence-corrected chi connectivity index (χ0v) is 11.6. The molecule has 0 atom stereocenters. The number of aliphatic carboxylic acids is 1. The summed E-state index contributed by atoms with van der Waals surface area (Å²) in [5.74, 6) is -1.43. The maximum Gasteiger partial charge on any atom is 0.303 e. The summed E-state index contributed by atoms with van der Waals surface area (Å²) in [4.78, 5) is 21.6. The van der Waals surface area contributed by atoms with Crippen molar-refractivity contribution in [1.29, 1.82) is 0 Å². The summed E-state index contributed by atoms with van der Waals surface area (Å²) in [5.41, 5.74) is 0. The molecule has 0 spiro atoms. The Hall–Kier alpha value is -1.45. The molecule has 0 aliphatic heterocycles. The van der Waals surface area contributed by atoms with E-state index in [1.54, 1.807) is 11.4 Å². The average Bonchev–Trinajstić information content (AvgIpc) is 2.86. The Morgan fingerprint density at radius 2 is 2.11 bits per heavy atom. The third-order valence-corrected chi connectivity index (χ3v) is 4.87. The Kier molecular flexibility index (Phi) is 5.93. The molecule has 9 heteroatoms. The van der Waals surface area contributed by atoms with E-state index in [-0.39, 0.29) is 23.7 Å². The second-order valence-electron chi connectivity index (χ2n) is 3.60. The first-order chi connectivity index (χ1) is 8.92. The highest BCUT2D eigenvalue weighted by Gasteiger charge is 2.15. The molecule has 3 N–H and O–H groups in total. The zero-order chi connectivity index (χ0) is 14.3. The van der Waals surface area contributed by atoms with Crippen molar-refractivity contribution < 1.29 is 23.1 Å². The lowest BCUT2D eigenvalue weighted by Gasteiger charge is -2.06. The topological polar surface area (TPSA) is 113 Å². The lowest BCUT2D eigenvalue weighted by Crippen LogP contribution is -2.37. The van der Waals surface area contributed by atoms with Crippen LogP contribution in [0.25, 0.3) is 0 Å². The largest absolute Gasteiger partial charge is 0.481 e. The van der Waals surface area contributed by atoms with Crippen LogP contribution in [0.5, 0.6) is 0 Å². The number of carboxylic acids is 1. The van der Waals surface area contributed by atoms with Gasteiger partial charge in [-0.15, -0.1) is 11.3 Å². The predicted molar refractivity (Wildman–Crippen MR) is 69.4 cm³/mol. The number of carboxylic acid groups (broad SMARTS) is 1. The SMILES string of the molecule is O=C(O)CCCNC(=O)CNS(=O)(=O)c1cccs1. The van der Waals surface area contributed by atoms with Crippen molar-refractivity contribution in [1.82, 2.24) is 10.0 Å². The molecule has 1 amide bonds. The molecule has 7 nitrogen and oxygen atoms in total. The second-order valence-corrected chi connectivity index (χ2v) is 6.55. The molecule has 0 bridgehead atoms. The Morgan fingerprint density at radius 1 is 1.37 bits per heavy atom. The fourth-order valence-electron chi connectivity index (χ4n) is 1.18. The molecule has 0 aromatic carbocycles. The van der Waals surface area contributed by atoms with Crippen LogP contribution in [0.2, 0.25) is 0 Å². The maximum absolute atomic E-state index is 11.7. The van der Waals surface area contributed by atoms with Crippen LogP contribution in [0.3, 0.4) is 0 Å². The molecule has 0 aliphatic carbocycles. The monoisotopic (exact) mass is 306 g/mol. The Bertz CT molecular complexity index is 524. The van der Waals surface area contributed by atoms with E-state index in [9.17, 15) is 18.0 Å². The molecule has 1 aromatic rings. The van der Waals surface area contributed by atoms with E-state index in [0.29, 0.717) is 6.42 Å². The number of sulfonamides is 1. The highest BCUT2D eigenvalue weighted by molar-refractivity contribution is 7.91. The van der Waals surface area contributed by atoms with Gasteiger partial charge in [-0.1, -0.05) is 6.07 Å². The number of carbonyl (C=O) groups is 2. The second kappa shape index (κ2) is 7.22. The van der Waals surface area contributed by atoms with Crippen molar-refractivity contribution in [2.75, 3.05) is 13.1 Å². The standard InChI is InChI=1S/C10H14N2O5S2/c13-8(11-5-1-3-9(14)15)7-12-19(16,17)10-4-2-6-18-10/h2,4,6,12H,1,3,5,7H2,(H,11,13)(H,14,15).